The fraction of sp³-hybridized carbons (Fsp3) is 0.0769. The van der Waals surface area contributed by atoms with E-state index in [0.29, 0.717) is 0 Å². The van der Waals surface area contributed by atoms with Gasteiger partial charge in [-0.25, -0.2) is 0 Å². The van der Waals surface area contributed by atoms with Crippen LogP contribution < -0.4 is 0 Å². The van der Waals surface area contributed by atoms with Crippen LogP contribution in [0.4, 0.5) is 0 Å². The molecular weight excluding hydrogens is 188 g/mol. The fourth-order valence-corrected chi connectivity index (χ4v) is 2.13. The minimum atomic E-state index is -0.869. The van der Waals surface area contributed by atoms with Crippen molar-refractivity contribution in [3.8, 4) is 0 Å². The number of rotatable bonds is 0. The number of aliphatic hydroxyl groups is 2. The van der Waals surface area contributed by atoms with Gasteiger partial charge in [-0.05, 0) is 22.4 Å². The van der Waals surface area contributed by atoms with Crippen molar-refractivity contribution >= 4 is 16.8 Å². The van der Waals surface area contributed by atoms with Gasteiger partial charge in [0.2, 0.25) is 0 Å². The zero-order chi connectivity index (χ0) is 10.4. The smallest absolute Gasteiger partial charge is 0.137 e. The SMILES string of the molecule is OC1=Cc2ccc3ccccc3c2C1O. The highest BCUT2D eigenvalue weighted by atomic mass is 16.3. The van der Waals surface area contributed by atoms with Gasteiger partial charge in [0.05, 0.1) is 0 Å². The molecule has 2 aromatic rings. The lowest BCUT2D eigenvalue weighted by Crippen LogP contribution is -1.97. The van der Waals surface area contributed by atoms with Crippen molar-refractivity contribution in [1.29, 1.82) is 0 Å². The van der Waals surface area contributed by atoms with Gasteiger partial charge in [0.25, 0.3) is 0 Å². The van der Waals surface area contributed by atoms with Crippen LogP contribution in [0.25, 0.3) is 16.8 Å². The van der Waals surface area contributed by atoms with Crippen molar-refractivity contribution in [2.24, 2.45) is 0 Å². The molecule has 0 amide bonds. The van der Waals surface area contributed by atoms with Gasteiger partial charge in [-0.2, -0.15) is 0 Å². The van der Waals surface area contributed by atoms with Crippen molar-refractivity contribution < 1.29 is 10.2 Å². The summed E-state index contributed by atoms with van der Waals surface area (Å²) in [7, 11) is 0. The summed E-state index contributed by atoms with van der Waals surface area (Å²) >= 11 is 0. The number of benzene rings is 2. The maximum Gasteiger partial charge on any atom is 0.137 e. The van der Waals surface area contributed by atoms with E-state index in [1.807, 2.05) is 36.4 Å². The summed E-state index contributed by atoms with van der Waals surface area (Å²) in [5.41, 5.74) is 1.71. The summed E-state index contributed by atoms with van der Waals surface area (Å²) in [6.45, 7) is 0. The van der Waals surface area contributed by atoms with Crippen LogP contribution in [0.2, 0.25) is 0 Å². The molecule has 15 heavy (non-hydrogen) atoms. The van der Waals surface area contributed by atoms with Gasteiger partial charge in [0, 0.05) is 5.56 Å². The molecule has 0 aliphatic heterocycles. The lowest BCUT2D eigenvalue weighted by molar-refractivity contribution is 0.163. The van der Waals surface area contributed by atoms with E-state index in [4.69, 9.17) is 0 Å². The molecule has 1 aliphatic carbocycles. The van der Waals surface area contributed by atoms with Gasteiger partial charge in [-0.3, -0.25) is 0 Å². The Kier molecular flexibility index (Phi) is 1.61. The highest BCUT2D eigenvalue weighted by molar-refractivity contribution is 5.91. The maximum absolute atomic E-state index is 9.83. The van der Waals surface area contributed by atoms with Gasteiger partial charge < -0.3 is 10.2 Å². The van der Waals surface area contributed by atoms with Crippen LogP contribution >= 0.6 is 0 Å². The minimum absolute atomic E-state index is 0.0290. The second-order valence-electron chi connectivity index (χ2n) is 3.76. The van der Waals surface area contributed by atoms with Gasteiger partial charge >= 0.3 is 0 Å². The molecule has 0 saturated carbocycles. The predicted octanol–water partition coefficient (Wildman–Crippen LogP) is 2.79. The molecule has 2 heteroatoms. The second-order valence-corrected chi connectivity index (χ2v) is 3.76. The monoisotopic (exact) mass is 198 g/mol. The van der Waals surface area contributed by atoms with Crippen LogP contribution in [0.15, 0.2) is 42.2 Å². The van der Waals surface area contributed by atoms with Gasteiger partial charge in [0.15, 0.2) is 0 Å². The molecule has 0 saturated heterocycles. The van der Waals surface area contributed by atoms with E-state index in [1.165, 1.54) is 0 Å². The first kappa shape index (κ1) is 8.50. The number of fused-ring (bicyclic) bond motifs is 3. The molecule has 1 aliphatic rings. The topological polar surface area (TPSA) is 40.5 Å². The van der Waals surface area contributed by atoms with Gasteiger partial charge in [0.1, 0.15) is 11.9 Å². The van der Waals surface area contributed by atoms with E-state index >= 15 is 0 Å². The molecule has 1 unspecified atom stereocenters. The Labute approximate surface area is 87.1 Å². The van der Waals surface area contributed by atoms with E-state index in [2.05, 4.69) is 0 Å². The fourth-order valence-electron chi connectivity index (χ4n) is 2.13. The van der Waals surface area contributed by atoms with Crippen LogP contribution in [0.3, 0.4) is 0 Å². The molecule has 74 valence electrons. The zero-order valence-electron chi connectivity index (χ0n) is 8.01. The summed E-state index contributed by atoms with van der Waals surface area (Å²) in [6.07, 6.45) is 0.748. The van der Waals surface area contributed by atoms with E-state index in [9.17, 15) is 10.2 Å². The summed E-state index contributed by atoms with van der Waals surface area (Å²) in [5.74, 6) is 0.0290. The number of hydrogen-bond acceptors (Lipinski definition) is 2. The summed E-state index contributed by atoms with van der Waals surface area (Å²) < 4.78 is 0. The molecule has 0 radical (unpaired) electrons. The summed E-state index contributed by atoms with van der Waals surface area (Å²) in [4.78, 5) is 0. The molecule has 2 nitrogen and oxygen atoms in total. The van der Waals surface area contributed by atoms with Crippen LogP contribution in [0.1, 0.15) is 17.2 Å². The molecule has 0 heterocycles. The van der Waals surface area contributed by atoms with Crippen molar-refractivity contribution in [2.45, 2.75) is 6.10 Å². The molecule has 2 aromatic carbocycles. The Morgan fingerprint density at radius 1 is 1.00 bits per heavy atom. The van der Waals surface area contributed by atoms with Crippen molar-refractivity contribution in [2.75, 3.05) is 0 Å². The molecule has 3 rings (SSSR count). The van der Waals surface area contributed by atoms with Crippen LogP contribution in [-0.4, -0.2) is 10.2 Å². The van der Waals surface area contributed by atoms with Crippen LogP contribution in [-0.2, 0) is 0 Å². The first-order valence-corrected chi connectivity index (χ1v) is 4.87. The number of aliphatic hydroxyl groups excluding tert-OH is 2. The standard InChI is InChI=1S/C13H10O2/c14-11-7-9-6-5-8-3-1-2-4-10(8)12(9)13(11)15/h1-7,13-15H. The van der Waals surface area contributed by atoms with Crippen molar-refractivity contribution in [3.63, 3.8) is 0 Å². The summed E-state index contributed by atoms with van der Waals surface area (Å²) in [6, 6.07) is 11.8. The van der Waals surface area contributed by atoms with Crippen molar-refractivity contribution in [3.05, 3.63) is 53.3 Å². The Morgan fingerprint density at radius 2 is 1.80 bits per heavy atom. The van der Waals surface area contributed by atoms with E-state index in [-0.39, 0.29) is 5.76 Å². The third kappa shape index (κ3) is 1.09. The highest BCUT2D eigenvalue weighted by Gasteiger charge is 2.24. The van der Waals surface area contributed by atoms with E-state index in [1.54, 1.807) is 6.08 Å². The Hall–Kier alpha value is -1.80. The lowest BCUT2D eigenvalue weighted by atomic mass is 9.99. The molecule has 2 N–H and O–H groups in total. The molecular formula is C13H10O2. The van der Waals surface area contributed by atoms with Crippen LogP contribution in [0.5, 0.6) is 0 Å². The zero-order valence-corrected chi connectivity index (χ0v) is 8.01. The Morgan fingerprint density at radius 3 is 2.67 bits per heavy atom. The summed E-state index contributed by atoms with van der Waals surface area (Å²) in [5, 5.41) is 21.4. The lowest BCUT2D eigenvalue weighted by Gasteiger charge is -2.09. The normalized spacial score (nSPS) is 19.0. The third-order valence-corrected chi connectivity index (χ3v) is 2.86. The first-order chi connectivity index (χ1) is 7.27. The van der Waals surface area contributed by atoms with Crippen molar-refractivity contribution in [1.82, 2.24) is 0 Å². The van der Waals surface area contributed by atoms with Gasteiger partial charge in [-0.1, -0.05) is 36.4 Å². The average Bonchev–Trinajstić information content (AvgIpc) is 2.55. The van der Waals surface area contributed by atoms with Gasteiger partial charge in [-0.15, -0.1) is 0 Å². The second kappa shape index (κ2) is 2.84. The van der Waals surface area contributed by atoms with E-state index < -0.39 is 6.10 Å². The Balaban J connectivity index is 2.40. The average molecular weight is 198 g/mol. The predicted molar refractivity (Wildman–Crippen MR) is 59.5 cm³/mol. The molecule has 0 bridgehead atoms. The Bertz CT molecular complexity index is 570. The maximum atomic E-state index is 9.83. The highest BCUT2D eigenvalue weighted by Crippen LogP contribution is 2.37. The molecule has 1 atom stereocenters. The molecule has 0 aromatic heterocycles. The number of hydrogen-bond donors (Lipinski definition) is 2. The van der Waals surface area contributed by atoms with Crippen LogP contribution in [0, 0.1) is 0 Å². The largest absolute Gasteiger partial charge is 0.509 e. The first-order valence-electron chi connectivity index (χ1n) is 4.87. The molecule has 0 spiro atoms. The quantitative estimate of drug-likeness (QED) is 0.683. The molecule has 0 fully saturated rings. The third-order valence-electron chi connectivity index (χ3n) is 2.86. The minimum Gasteiger partial charge on any atom is -0.509 e. The van der Waals surface area contributed by atoms with E-state index in [0.717, 1.165) is 21.9 Å².